The monoisotopic (exact) mass is 473 g/mol. The van der Waals surface area contributed by atoms with E-state index >= 15 is 0 Å². The second kappa shape index (κ2) is 10.4. The second-order valence-electron chi connectivity index (χ2n) is 6.69. The predicted octanol–water partition coefficient (Wildman–Crippen LogP) is 5.39. The van der Waals surface area contributed by atoms with Gasteiger partial charge in [0.05, 0.1) is 5.69 Å². The Morgan fingerprint density at radius 2 is 1.90 bits per heavy atom. The number of phenols is 1. The minimum absolute atomic E-state index is 0.0243. The van der Waals surface area contributed by atoms with Crippen molar-refractivity contribution < 1.29 is 24.5 Å². The van der Waals surface area contributed by atoms with Crippen molar-refractivity contribution >= 4 is 38.5 Å². The molecule has 0 fully saturated rings. The summed E-state index contributed by atoms with van der Waals surface area (Å²) < 4.78 is 12.2. The van der Waals surface area contributed by atoms with Gasteiger partial charge in [0, 0.05) is 35.1 Å². The Balaban J connectivity index is 1.89. The zero-order chi connectivity index (χ0) is 21.5. The number of ether oxygens (including phenoxy) is 2. The number of phenolic OH excluding ortho intramolecular Hbond substituents is 1. The molecule has 3 N–H and O–H groups in total. The number of benzene rings is 3. The van der Waals surface area contributed by atoms with Crippen molar-refractivity contribution in [2.24, 2.45) is 0 Å². The number of hydrogen-bond donors (Lipinski definition) is 3. The summed E-state index contributed by atoms with van der Waals surface area (Å²) in [6.07, 6.45) is -1.98. The summed E-state index contributed by atoms with van der Waals surface area (Å²) in [5.74, 6) is -0.0243. The summed E-state index contributed by atoms with van der Waals surface area (Å²) in [5, 5.41) is 24.5. The fourth-order valence-electron chi connectivity index (χ4n) is 3.35. The number of anilines is 1. The first-order valence-electron chi connectivity index (χ1n) is 9.69. The van der Waals surface area contributed by atoms with E-state index in [1.807, 2.05) is 43.3 Å². The number of nitrogens with one attached hydrogen (secondary N) is 1. The molecular formula is C23H24BrNO5. The molecule has 0 aliphatic heterocycles. The maximum atomic E-state index is 12.8. The van der Waals surface area contributed by atoms with Gasteiger partial charge >= 0.3 is 6.09 Å². The molecule has 3 aromatic rings. The van der Waals surface area contributed by atoms with Crippen LogP contribution in [-0.2, 0) is 9.47 Å². The van der Waals surface area contributed by atoms with Gasteiger partial charge in [0.2, 0.25) is 0 Å². The first-order chi connectivity index (χ1) is 14.5. The number of hydrogen-bond acceptors (Lipinski definition) is 5. The SMILES string of the molecule is CCO[C@H](CCO)[C@H](OC(=O)Nc1cccc2ccccc12)c1cc(Br)ccc1O. The minimum atomic E-state index is -0.912. The molecule has 7 heteroatoms. The molecule has 0 aliphatic carbocycles. The zero-order valence-corrected chi connectivity index (χ0v) is 18.1. The highest BCUT2D eigenvalue weighted by Crippen LogP contribution is 2.35. The van der Waals surface area contributed by atoms with Crippen molar-refractivity contribution in [1.82, 2.24) is 0 Å². The first kappa shape index (κ1) is 22.1. The molecule has 0 saturated carbocycles. The molecule has 1 amide bonds. The molecule has 3 rings (SSSR count). The lowest BCUT2D eigenvalue weighted by Crippen LogP contribution is -2.30. The Labute approximate surface area is 183 Å². The lowest BCUT2D eigenvalue weighted by molar-refractivity contribution is -0.0491. The molecule has 0 aliphatic rings. The average molecular weight is 474 g/mol. The first-order valence-corrected chi connectivity index (χ1v) is 10.5. The molecule has 6 nitrogen and oxygen atoms in total. The Kier molecular flexibility index (Phi) is 7.68. The van der Waals surface area contributed by atoms with Gasteiger partial charge in [-0.05, 0) is 36.6 Å². The Morgan fingerprint density at radius 1 is 1.13 bits per heavy atom. The summed E-state index contributed by atoms with van der Waals surface area (Å²) in [6.45, 7) is 2.03. The van der Waals surface area contributed by atoms with Gasteiger partial charge in [-0.3, -0.25) is 5.32 Å². The van der Waals surface area contributed by atoms with E-state index in [2.05, 4.69) is 21.2 Å². The van der Waals surface area contributed by atoms with Gasteiger partial charge in [0.25, 0.3) is 0 Å². The van der Waals surface area contributed by atoms with Crippen molar-refractivity contribution in [3.63, 3.8) is 0 Å². The lowest BCUT2D eigenvalue weighted by Gasteiger charge is -2.27. The van der Waals surface area contributed by atoms with Crippen LogP contribution in [0.25, 0.3) is 10.8 Å². The third kappa shape index (κ3) is 5.30. The molecule has 0 heterocycles. The highest BCUT2D eigenvalue weighted by atomic mass is 79.9. The summed E-state index contributed by atoms with van der Waals surface area (Å²) in [7, 11) is 0. The third-order valence-corrected chi connectivity index (χ3v) is 5.18. The van der Waals surface area contributed by atoms with Crippen LogP contribution < -0.4 is 5.32 Å². The lowest BCUT2D eigenvalue weighted by atomic mass is 10.0. The van der Waals surface area contributed by atoms with Crippen LogP contribution in [0.4, 0.5) is 10.5 Å². The van der Waals surface area contributed by atoms with Crippen LogP contribution in [0.3, 0.4) is 0 Å². The number of carbonyl (C=O) groups is 1. The van der Waals surface area contributed by atoms with Crippen molar-refractivity contribution in [2.45, 2.75) is 25.6 Å². The average Bonchev–Trinajstić information content (AvgIpc) is 2.74. The highest BCUT2D eigenvalue weighted by Gasteiger charge is 2.30. The molecule has 0 bridgehead atoms. The number of aliphatic hydroxyl groups is 1. The van der Waals surface area contributed by atoms with Crippen molar-refractivity contribution in [3.8, 4) is 5.75 Å². The molecule has 0 radical (unpaired) electrons. The number of halogens is 1. The maximum Gasteiger partial charge on any atom is 0.412 e. The van der Waals surface area contributed by atoms with Gasteiger partial charge < -0.3 is 19.7 Å². The van der Waals surface area contributed by atoms with Gasteiger partial charge in [0.1, 0.15) is 11.9 Å². The van der Waals surface area contributed by atoms with E-state index in [1.54, 1.807) is 18.2 Å². The fourth-order valence-corrected chi connectivity index (χ4v) is 3.72. The van der Waals surface area contributed by atoms with Gasteiger partial charge in [-0.25, -0.2) is 4.79 Å². The van der Waals surface area contributed by atoms with Gasteiger partial charge in [-0.2, -0.15) is 0 Å². The number of rotatable bonds is 8. The third-order valence-electron chi connectivity index (χ3n) is 4.69. The topological polar surface area (TPSA) is 88.0 Å². The second-order valence-corrected chi connectivity index (χ2v) is 7.60. The fraction of sp³-hybridized carbons (Fsp3) is 0.261. The van der Waals surface area contributed by atoms with Crippen molar-refractivity contribution in [2.75, 3.05) is 18.5 Å². The molecule has 158 valence electrons. The van der Waals surface area contributed by atoms with E-state index in [1.165, 1.54) is 6.07 Å². The van der Waals surface area contributed by atoms with Crippen molar-refractivity contribution in [1.29, 1.82) is 0 Å². The number of fused-ring (bicyclic) bond motifs is 1. The largest absolute Gasteiger partial charge is 0.508 e. The van der Waals surface area contributed by atoms with E-state index in [-0.39, 0.29) is 18.8 Å². The van der Waals surface area contributed by atoms with Crippen LogP contribution in [0.5, 0.6) is 5.75 Å². The van der Waals surface area contributed by atoms with E-state index in [9.17, 15) is 15.0 Å². The van der Waals surface area contributed by atoms with Crippen molar-refractivity contribution in [3.05, 3.63) is 70.7 Å². The Bertz CT molecular complexity index is 999. The van der Waals surface area contributed by atoms with Gasteiger partial charge in [-0.15, -0.1) is 0 Å². The Hall–Kier alpha value is -2.61. The molecule has 0 aromatic heterocycles. The van der Waals surface area contributed by atoms with E-state index in [0.29, 0.717) is 17.9 Å². The summed E-state index contributed by atoms with van der Waals surface area (Å²) in [5.41, 5.74) is 1.01. The molecule has 0 spiro atoms. The quantitative estimate of drug-likeness (QED) is 0.408. The standard InChI is InChI=1S/C23H24BrNO5/c1-2-29-21(12-13-26)22(18-14-16(24)10-11-20(18)27)30-23(28)25-19-9-5-7-15-6-3-4-8-17(15)19/h3-11,14,21-22,26-27H,2,12-13H2,1H3,(H,25,28)/t21-,22-/m1/s1. The van der Waals surface area contributed by atoms with Crippen LogP contribution in [0, 0.1) is 0 Å². The smallest absolute Gasteiger partial charge is 0.412 e. The number of aromatic hydroxyl groups is 1. The van der Waals surface area contributed by atoms with Gasteiger partial charge in [-0.1, -0.05) is 52.3 Å². The summed E-state index contributed by atoms with van der Waals surface area (Å²) in [4.78, 5) is 12.8. The zero-order valence-electron chi connectivity index (χ0n) is 16.5. The molecule has 30 heavy (non-hydrogen) atoms. The summed E-state index contributed by atoms with van der Waals surface area (Å²) in [6, 6.07) is 18.2. The van der Waals surface area contributed by atoms with E-state index in [4.69, 9.17) is 9.47 Å². The van der Waals surface area contributed by atoms with Crippen LogP contribution in [0.1, 0.15) is 25.0 Å². The van der Waals surface area contributed by atoms with Crippen LogP contribution in [0.2, 0.25) is 0 Å². The molecule has 3 aromatic carbocycles. The molecular weight excluding hydrogens is 450 g/mol. The molecule has 0 saturated heterocycles. The number of aliphatic hydroxyl groups excluding tert-OH is 1. The van der Waals surface area contributed by atoms with Crippen LogP contribution in [-0.4, -0.2) is 35.6 Å². The minimum Gasteiger partial charge on any atom is -0.508 e. The number of carbonyl (C=O) groups excluding carboxylic acids is 1. The summed E-state index contributed by atoms with van der Waals surface area (Å²) >= 11 is 3.38. The van der Waals surface area contributed by atoms with Crippen LogP contribution >= 0.6 is 15.9 Å². The maximum absolute atomic E-state index is 12.8. The highest BCUT2D eigenvalue weighted by molar-refractivity contribution is 9.10. The molecule has 0 unspecified atom stereocenters. The van der Waals surface area contributed by atoms with E-state index in [0.717, 1.165) is 15.2 Å². The molecule has 2 atom stereocenters. The van der Waals surface area contributed by atoms with Gasteiger partial charge in [0.15, 0.2) is 6.10 Å². The van der Waals surface area contributed by atoms with Crippen LogP contribution in [0.15, 0.2) is 65.1 Å². The Morgan fingerprint density at radius 3 is 2.67 bits per heavy atom. The normalized spacial score (nSPS) is 13.0. The number of amides is 1. The van der Waals surface area contributed by atoms with E-state index < -0.39 is 18.3 Å². The predicted molar refractivity (Wildman–Crippen MR) is 120 cm³/mol.